The lowest BCUT2D eigenvalue weighted by Crippen LogP contribution is -2.41. The molecule has 0 aliphatic carbocycles. The molecule has 7 heteroatoms. The van der Waals surface area contributed by atoms with E-state index in [4.69, 9.17) is 0 Å². The van der Waals surface area contributed by atoms with E-state index < -0.39 is 10.0 Å². The van der Waals surface area contributed by atoms with Gasteiger partial charge in [-0.1, -0.05) is 70.5 Å². The molecule has 1 atom stereocenters. The zero-order valence-corrected chi connectivity index (χ0v) is 18.2. The molecule has 0 unspecified atom stereocenters. The van der Waals surface area contributed by atoms with E-state index in [-0.39, 0.29) is 23.4 Å². The molecule has 29 heavy (non-hydrogen) atoms. The lowest BCUT2D eigenvalue weighted by molar-refractivity contribution is -0.120. The van der Waals surface area contributed by atoms with Crippen LogP contribution in [0.2, 0.25) is 0 Å². The fourth-order valence-corrected chi connectivity index (χ4v) is 4.73. The van der Waals surface area contributed by atoms with Crippen LogP contribution in [0.5, 0.6) is 0 Å². The van der Waals surface area contributed by atoms with Gasteiger partial charge in [0, 0.05) is 4.47 Å². The van der Waals surface area contributed by atoms with Gasteiger partial charge in [0.15, 0.2) is 0 Å². The zero-order chi connectivity index (χ0) is 20.9. The SMILES string of the molecule is C[C@@H](NC(=O)CN(c1cccc(Br)c1)S(=O)(=O)c1ccccc1)c1ccccc1. The van der Waals surface area contributed by atoms with Gasteiger partial charge in [-0.3, -0.25) is 9.10 Å². The molecule has 5 nitrogen and oxygen atoms in total. The summed E-state index contributed by atoms with van der Waals surface area (Å²) < 4.78 is 28.4. The van der Waals surface area contributed by atoms with Crippen LogP contribution < -0.4 is 9.62 Å². The molecule has 0 saturated carbocycles. The number of anilines is 1. The van der Waals surface area contributed by atoms with Gasteiger partial charge >= 0.3 is 0 Å². The summed E-state index contributed by atoms with van der Waals surface area (Å²) in [4.78, 5) is 12.9. The number of hydrogen-bond donors (Lipinski definition) is 1. The largest absolute Gasteiger partial charge is 0.348 e. The third-order valence-corrected chi connectivity index (χ3v) is 6.67. The average molecular weight is 473 g/mol. The fraction of sp³-hybridized carbons (Fsp3) is 0.136. The lowest BCUT2D eigenvalue weighted by atomic mass is 10.1. The Morgan fingerprint density at radius 1 is 0.966 bits per heavy atom. The summed E-state index contributed by atoms with van der Waals surface area (Å²) in [7, 11) is -3.91. The second-order valence-corrected chi connectivity index (χ2v) is 9.28. The van der Waals surface area contributed by atoms with E-state index in [1.165, 1.54) is 12.1 Å². The van der Waals surface area contributed by atoms with Gasteiger partial charge in [0.25, 0.3) is 10.0 Å². The van der Waals surface area contributed by atoms with Crippen molar-refractivity contribution >= 4 is 37.5 Å². The second-order valence-electron chi connectivity index (χ2n) is 6.50. The third-order valence-electron chi connectivity index (χ3n) is 4.39. The third kappa shape index (κ3) is 5.25. The molecule has 1 N–H and O–H groups in total. The Bertz CT molecular complexity index is 1070. The van der Waals surface area contributed by atoms with Gasteiger partial charge in [-0.15, -0.1) is 0 Å². The highest BCUT2D eigenvalue weighted by molar-refractivity contribution is 9.10. The number of amides is 1. The molecule has 0 fully saturated rings. The maximum atomic E-state index is 13.3. The summed E-state index contributed by atoms with van der Waals surface area (Å²) in [5.74, 6) is -0.388. The van der Waals surface area contributed by atoms with Crippen LogP contribution in [0.4, 0.5) is 5.69 Å². The van der Waals surface area contributed by atoms with E-state index >= 15 is 0 Å². The van der Waals surface area contributed by atoms with Crippen LogP contribution in [0.25, 0.3) is 0 Å². The predicted octanol–water partition coefficient (Wildman–Crippen LogP) is 4.52. The van der Waals surface area contributed by atoms with Crippen LogP contribution in [0.3, 0.4) is 0 Å². The Balaban J connectivity index is 1.89. The summed E-state index contributed by atoms with van der Waals surface area (Å²) in [6, 6.07) is 24.2. The highest BCUT2D eigenvalue weighted by Crippen LogP contribution is 2.26. The molecule has 0 aromatic heterocycles. The van der Waals surface area contributed by atoms with Crippen molar-refractivity contribution in [1.82, 2.24) is 5.32 Å². The van der Waals surface area contributed by atoms with Gasteiger partial charge in [-0.05, 0) is 42.8 Å². The summed E-state index contributed by atoms with van der Waals surface area (Å²) in [5, 5.41) is 2.88. The molecule has 0 aliphatic heterocycles. The van der Waals surface area contributed by atoms with Crippen molar-refractivity contribution in [2.45, 2.75) is 17.9 Å². The van der Waals surface area contributed by atoms with Crippen molar-refractivity contribution < 1.29 is 13.2 Å². The van der Waals surface area contributed by atoms with Crippen molar-refractivity contribution in [3.63, 3.8) is 0 Å². The predicted molar refractivity (Wildman–Crippen MR) is 118 cm³/mol. The van der Waals surface area contributed by atoms with Gasteiger partial charge < -0.3 is 5.32 Å². The minimum atomic E-state index is -3.91. The molecular formula is C22H21BrN2O3S. The highest BCUT2D eigenvalue weighted by atomic mass is 79.9. The van der Waals surface area contributed by atoms with Crippen molar-refractivity contribution in [3.8, 4) is 0 Å². The highest BCUT2D eigenvalue weighted by Gasteiger charge is 2.27. The van der Waals surface area contributed by atoms with E-state index in [2.05, 4.69) is 21.2 Å². The number of halogens is 1. The number of nitrogens with one attached hydrogen (secondary N) is 1. The Labute approximate surface area is 179 Å². The van der Waals surface area contributed by atoms with Crippen LogP contribution in [0, 0.1) is 0 Å². The molecule has 0 spiro atoms. The van der Waals surface area contributed by atoms with E-state index in [9.17, 15) is 13.2 Å². The minimum Gasteiger partial charge on any atom is -0.348 e. The summed E-state index contributed by atoms with van der Waals surface area (Å²) in [5.41, 5.74) is 1.35. The quantitative estimate of drug-likeness (QED) is 0.549. The monoisotopic (exact) mass is 472 g/mol. The summed E-state index contributed by atoms with van der Waals surface area (Å²) >= 11 is 3.37. The number of nitrogens with zero attached hydrogens (tertiary/aromatic N) is 1. The smallest absolute Gasteiger partial charge is 0.264 e. The molecule has 0 saturated heterocycles. The van der Waals surface area contributed by atoms with E-state index in [0.29, 0.717) is 5.69 Å². The van der Waals surface area contributed by atoms with Crippen molar-refractivity contribution in [1.29, 1.82) is 0 Å². The van der Waals surface area contributed by atoms with Crippen molar-refractivity contribution in [3.05, 3.63) is 95.0 Å². The van der Waals surface area contributed by atoms with Gasteiger partial charge in [-0.25, -0.2) is 8.42 Å². The van der Waals surface area contributed by atoms with Crippen LogP contribution in [-0.4, -0.2) is 20.9 Å². The Hall–Kier alpha value is -2.64. The molecule has 0 bridgehead atoms. The molecule has 0 heterocycles. The van der Waals surface area contributed by atoms with Gasteiger partial charge in [-0.2, -0.15) is 0 Å². The number of hydrogen-bond acceptors (Lipinski definition) is 3. The number of rotatable bonds is 7. The number of benzene rings is 3. The molecule has 0 aliphatic rings. The number of sulfonamides is 1. The first-order valence-electron chi connectivity index (χ1n) is 9.05. The van der Waals surface area contributed by atoms with Crippen molar-refractivity contribution in [2.24, 2.45) is 0 Å². The molecule has 0 radical (unpaired) electrons. The van der Waals surface area contributed by atoms with Crippen LogP contribution in [0.1, 0.15) is 18.5 Å². The van der Waals surface area contributed by atoms with E-state index in [0.717, 1.165) is 14.3 Å². The Morgan fingerprint density at radius 3 is 2.21 bits per heavy atom. The van der Waals surface area contributed by atoms with Crippen LogP contribution >= 0.6 is 15.9 Å². The molecule has 3 rings (SSSR count). The normalized spacial score (nSPS) is 12.2. The molecular weight excluding hydrogens is 452 g/mol. The molecule has 150 valence electrons. The molecule has 1 amide bonds. The minimum absolute atomic E-state index is 0.129. The lowest BCUT2D eigenvalue weighted by Gasteiger charge is -2.25. The van der Waals surface area contributed by atoms with Crippen molar-refractivity contribution in [2.75, 3.05) is 10.8 Å². The standard InChI is InChI=1S/C22H21BrN2O3S/c1-17(18-9-4-2-5-10-18)24-22(26)16-25(20-12-8-11-19(23)15-20)29(27,28)21-13-6-3-7-14-21/h2-15,17H,16H2,1H3,(H,24,26)/t17-/m1/s1. The van der Waals surface area contributed by atoms with Crippen LogP contribution in [0.15, 0.2) is 94.3 Å². The molecule has 3 aromatic rings. The summed E-state index contributed by atoms with van der Waals surface area (Å²) in [6.07, 6.45) is 0. The maximum absolute atomic E-state index is 13.3. The van der Waals surface area contributed by atoms with Gasteiger partial charge in [0.1, 0.15) is 6.54 Å². The van der Waals surface area contributed by atoms with E-state index in [1.807, 2.05) is 37.3 Å². The van der Waals surface area contributed by atoms with Gasteiger partial charge in [0.05, 0.1) is 16.6 Å². The fourth-order valence-electron chi connectivity index (χ4n) is 2.91. The first-order chi connectivity index (χ1) is 13.9. The first-order valence-corrected chi connectivity index (χ1v) is 11.3. The maximum Gasteiger partial charge on any atom is 0.264 e. The second kappa shape index (κ2) is 9.24. The Morgan fingerprint density at radius 2 is 1.59 bits per heavy atom. The molecule has 3 aromatic carbocycles. The average Bonchev–Trinajstić information content (AvgIpc) is 2.73. The number of carbonyl (C=O) groups is 1. The van der Waals surface area contributed by atoms with E-state index in [1.54, 1.807) is 42.5 Å². The topological polar surface area (TPSA) is 66.5 Å². The Kier molecular flexibility index (Phi) is 6.71. The van der Waals surface area contributed by atoms with Crippen LogP contribution in [-0.2, 0) is 14.8 Å². The zero-order valence-electron chi connectivity index (χ0n) is 15.8. The first kappa shape index (κ1) is 21.1. The summed E-state index contributed by atoms with van der Waals surface area (Å²) in [6.45, 7) is 1.53. The van der Waals surface area contributed by atoms with Gasteiger partial charge in [0.2, 0.25) is 5.91 Å². The number of carbonyl (C=O) groups excluding carboxylic acids is 1.